The van der Waals surface area contributed by atoms with E-state index in [-0.39, 0.29) is 23.5 Å². The quantitative estimate of drug-likeness (QED) is 0.852. The van der Waals surface area contributed by atoms with Gasteiger partial charge in [-0.3, -0.25) is 4.79 Å². The Balaban J connectivity index is 1.70. The van der Waals surface area contributed by atoms with Crippen LogP contribution in [0.15, 0.2) is 18.2 Å². The van der Waals surface area contributed by atoms with Gasteiger partial charge in [0.2, 0.25) is 0 Å². The fourth-order valence-electron chi connectivity index (χ4n) is 2.85. The maximum atomic E-state index is 12.2. The van der Waals surface area contributed by atoms with Crippen molar-refractivity contribution in [3.05, 3.63) is 29.3 Å². The number of anilines is 1. The van der Waals surface area contributed by atoms with E-state index < -0.39 is 9.84 Å². The summed E-state index contributed by atoms with van der Waals surface area (Å²) in [4.78, 5) is 12.2. The summed E-state index contributed by atoms with van der Waals surface area (Å²) in [5, 5.41) is 6.09. The van der Waals surface area contributed by atoms with Crippen molar-refractivity contribution in [2.24, 2.45) is 0 Å². The number of hydrogen-bond donors (Lipinski definition) is 2. The molecule has 0 radical (unpaired) electrons. The minimum atomic E-state index is -2.99. The van der Waals surface area contributed by atoms with E-state index in [1.807, 2.05) is 12.1 Å². The van der Waals surface area contributed by atoms with Gasteiger partial charge in [-0.05, 0) is 43.0 Å². The molecule has 1 aromatic carbocycles. The highest BCUT2D eigenvalue weighted by Gasteiger charge is 2.26. The van der Waals surface area contributed by atoms with Crippen LogP contribution in [-0.2, 0) is 16.3 Å². The highest BCUT2D eigenvalue weighted by atomic mass is 32.2. The zero-order valence-corrected chi connectivity index (χ0v) is 12.0. The number of carbonyl (C=O) groups is 1. The van der Waals surface area contributed by atoms with Crippen LogP contribution in [-0.4, -0.2) is 38.4 Å². The van der Waals surface area contributed by atoms with Crippen molar-refractivity contribution in [1.29, 1.82) is 0 Å². The normalized spacial score (nSPS) is 23.7. The zero-order valence-electron chi connectivity index (χ0n) is 11.2. The molecule has 0 saturated carbocycles. The minimum absolute atomic E-state index is 0.0608. The van der Waals surface area contributed by atoms with Crippen molar-refractivity contribution in [3.63, 3.8) is 0 Å². The number of benzene rings is 1. The summed E-state index contributed by atoms with van der Waals surface area (Å²) in [5.41, 5.74) is 2.84. The number of carbonyl (C=O) groups excluding carboxylic acids is 1. The van der Waals surface area contributed by atoms with Gasteiger partial charge in [-0.2, -0.15) is 0 Å². The van der Waals surface area contributed by atoms with Crippen molar-refractivity contribution < 1.29 is 13.2 Å². The molecule has 2 aliphatic heterocycles. The molecule has 108 valence electrons. The number of sulfone groups is 1. The van der Waals surface area contributed by atoms with Crippen LogP contribution in [0.25, 0.3) is 0 Å². The van der Waals surface area contributed by atoms with Crippen LogP contribution in [0, 0.1) is 0 Å². The van der Waals surface area contributed by atoms with Gasteiger partial charge in [-0.1, -0.05) is 0 Å². The lowest BCUT2D eigenvalue weighted by Gasteiger charge is -2.23. The maximum absolute atomic E-state index is 12.2. The van der Waals surface area contributed by atoms with Crippen LogP contribution < -0.4 is 10.6 Å². The molecule has 5 nitrogen and oxygen atoms in total. The van der Waals surface area contributed by atoms with Gasteiger partial charge in [0, 0.05) is 23.8 Å². The fourth-order valence-corrected chi connectivity index (χ4v) is 4.49. The van der Waals surface area contributed by atoms with E-state index in [4.69, 9.17) is 0 Å². The van der Waals surface area contributed by atoms with Crippen molar-refractivity contribution in [2.45, 2.75) is 25.3 Å². The van der Waals surface area contributed by atoms with Crippen LogP contribution in [0.2, 0.25) is 0 Å². The number of hydrogen-bond acceptors (Lipinski definition) is 4. The Hall–Kier alpha value is -1.56. The Bertz CT molecular complexity index is 640. The average Bonchev–Trinajstić information content (AvgIpc) is 2.84. The molecule has 2 N–H and O–H groups in total. The van der Waals surface area contributed by atoms with Gasteiger partial charge < -0.3 is 10.6 Å². The molecule has 2 aliphatic rings. The summed E-state index contributed by atoms with van der Waals surface area (Å²) < 4.78 is 23.1. The third kappa shape index (κ3) is 2.80. The summed E-state index contributed by atoms with van der Waals surface area (Å²) in [7, 11) is -2.99. The predicted molar refractivity (Wildman–Crippen MR) is 77.8 cm³/mol. The van der Waals surface area contributed by atoms with Crippen LogP contribution >= 0.6 is 0 Å². The van der Waals surface area contributed by atoms with E-state index in [1.54, 1.807) is 6.07 Å². The average molecular weight is 294 g/mol. The first-order chi connectivity index (χ1) is 9.53. The van der Waals surface area contributed by atoms with E-state index in [0.29, 0.717) is 12.0 Å². The molecule has 1 fully saturated rings. The Morgan fingerprint density at radius 2 is 2.20 bits per heavy atom. The Morgan fingerprint density at radius 3 is 3.00 bits per heavy atom. The van der Waals surface area contributed by atoms with Crippen LogP contribution in [0.5, 0.6) is 0 Å². The van der Waals surface area contributed by atoms with Crippen molar-refractivity contribution in [3.8, 4) is 0 Å². The summed E-state index contributed by atoms with van der Waals surface area (Å²) in [5.74, 6) is 0.122. The summed E-state index contributed by atoms with van der Waals surface area (Å²) in [6.07, 6.45) is 2.28. The zero-order chi connectivity index (χ0) is 14.2. The molecule has 1 unspecified atom stereocenters. The van der Waals surface area contributed by atoms with E-state index in [2.05, 4.69) is 10.6 Å². The molecule has 6 heteroatoms. The van der Waals surface area contributed by atoms with Gasteiger partial charge in [0.05, 0.1) is 11.5 Å². The lowest BCUT2D eigenvalue weighted by molar-refractivity contribution is 0.0938. The molecule has 1 atom stereocenters. The molecule has 0 bridgehead atoms. The second-order valence-corrected chi connectivity index (χ2v) is 7.70. The Kier molecular flexibility index (Phi) is 3.41. The molecule has 1 amide bonds. The molecular formula is C14H18N2O3S. The number of amides is 1. The highest BCUT2D eigenvalue weighted by molar-refractivity contribution is 7.91. The van der Waals surface area contributed by atoms with E-state index in [9.17, 15) is 13.2 Å². The molecule has 2 heterocycles. The second kappa shape index (κ2) is 5.09. The van der Waals surface area contributed by atoms with E-state index in [0.717, 1.165) is 30.6 Å². The van der Waals surface area contributed by atoms with Crippen LogP contribution in [0.3, 0.4) is 0 Å². The highest BCUT2D eigenvalue weighted by Crippen LogP contribution is 2.23. The van der Waals surface area contributed by atoms with Gasteiger partial charge in [-0.15, -0.1) is 0 Å². The van der Waals surface area contributed by atoms with Crippen LogP contribution in [0.1, 0.15) is 28.8 Å². The monoisotopic (exact) mass is 294 g/mol. The first-order valence-electron chi connectivity index (χ1n) is 6.92. The van der Waals surface area contributed by atoms with Gasteiger partial charge in [0.1, 0.15) is 0 Å². The minimum Gasteiger partial charge on any atom is -0.384 e. The number of fused-ring (bicyclic) bond motifs is 1. The topological polar surface area (TPSA) is 75.3 Å². The van der Waals surface area contributed by atoms with E-state index in [1.165, 1.54) is 0 Å². The third-order valence-electron chi connectivity index (χ3n) is 3.88. The van der Waals surface area contributed by atoms with Gasteiger partial charge in [-0.25, -0.2) is 8.42 Å². The Morgan fingerprint density at radius 1 is 1.35 bits per heavy atom. The largest absolute Gasteiger partial charge is 0.384 e. The second-order valence-electron chi connectivity index (χ2n) is 5.48. The predicted octanol–water partition coefficient (Wildman–Crippen LogP) is 0.962. The lowest BCUT2D eigenvalue weighted by atomic mass is 10.1. The van der Waals surface area contributed by atoms with Crippen LogP contribution in [0.4, 0.5) is 5.69 Å². The molecule has 1 aromatic rings. The molecule has 3 rings (SSSR count). The summed E-state index contributed by atoms with van der Waals surface area (Å²) in [6.45, 7) is 0.904. The molecule has 20 heavy (non-hydrogen) atoms. The molecule has 0 aromatic heterocycles. The SMILES string of the molecule is O=C(NC1CCCS(=O)(=O)C1)c1ccc2c(c1)CCN2. The van der Waals surface area contributed by atoms with Crippen molar-refractivity contribution in [2.75, 3.05) is 23.4 Å². The standard InChI is InChI=1S/C14H18N2O3S/c17-14(16-12-2-1-7-20(18,19)9-12)11-3-4-13-10(8-11)5-6-15-13/h3-4,8,12,15H,1-2,5-7,9H2,(H,16,17). The Labute approximate surface area is 118 Å². The number of nitrogens with one attached hydrogen (secondary N) is 2. The molecular weight excluding hydrogens is 276 g/mol. The maximum Gasteiger partial charge on any atom is 0.251 e. The number of rotatable bonds is 2. The van der Waals surface area contributed by atoms with Gasteiger partial charge >= 0.3 is 0 Å². The molecule has 1 saturated heterocycles. The van der Waals surface area contributed by atoms with E-state index >= 15 is 0 Å². The first kappa shape index (κ1) is 13.4. The third-order valence-corrected chi connectivity index (χ3v) is 5.70. The van der Waals surface area contributed by atoms with Crippen molar-refractivity contribution >= 4 is 21.4 Å². The lowest BCUT2D eigenvalue weighted by Crippen LogP contribution is -2.43. The van der Waals surface area contributed by atoms with Gasteiger partial charge in [0.25, 0.3) is 5.91 Å². The smallest absolute Gasteiger partial charge is 0.251 e. The first-order valence-corrected chi connectivity index (χ1v) is 8.74. The summed E-state index contributed by atoms with van der Waals surface area (Å²) in [6, 6.07) is 5.33. The molecule has 0 aliphatic carbocycles. The summed E-state index contributed by atoms with van der Waals surface area (Å²) >= 11 is 0. The van der Waals surface area contributed by atoms with Gasteiger partial charge in [0.15, 0.2) is 9.84 Å². The molecule has 0 spiro atoms. The van der Waals surface area contributed by atoms with Crippen molar-refractivity contribution in [1.82, 2.24) is 5.32 Å². The fraction of sp³-hybridized carbons (Fsp3) is 0.500.